The average Bonchev–Trinajstić information content (AvgIpc) is 2.19. The third kappa shape index (κ3) is 1.75. The number of hydrogen-bond acceptors (Lipinski definition) is 2. The van der Waals surface area contributed by atoms with Crippen molar-refractivity contribution in [3.05, 3.63) is 29.3 Å². The van der Waals surface area contributed by atoms with Crippen molar-refractivity contribution in [2.75, 3.05) is 12.3 Å². The maximum Gasteiger partial charge on any atom is 0.0323 e. The Kier molecular flexibility index (Phi) is 2.73. The van der Waals surface area contributed by atoms with Gasteiger partial charge in [-0.1, -0.05) is 19.4 Å². The first kappa shape index (κ1) is 9.53. The summed E-state index contributed by atoms with van der Waals surface area (Å²) in [6, 6.07) is 6.83. The molecule has 0 radical (unpaired) electrons. The van der Waals surface area contributed by atoms with Gasteiger partial charge in [-0.3, -0.25) is 0 Å². The van der Waals surface area contributed by atoms with Crippen LogP contribution in [-0.2, 0) is 6.42 Å². The third-order valence-electron chi connectivity index (χ3n) is 2.91. The molecule has 0 fully saturated rings. The van der Waals surface area contributed by atoms with Gasteiger partial charge in [-0.2, -0.15) is 0 Å². The van der Waals surface area contributed by atoms with E-state index in [1.165, 1.54) is 24.0 Å². The van der Waals surface area contributed by atoms with Crippen molar-refractivity contribution in [2.45, 2.75) is 32.2 Å². The molecule has 2 rings (SSSR count). The molecular formula is C12H18N2. The molecule has 0 amide bonds. The van der Waals surface area contributed by atoms with Gasteiger partial charge in [-0.05, 0) is 42.6 Å². The SMILES string of the molecule is CCCC1NCCc2ccc(N)cc21. The molecular weight excluding hydrogens is 172 g/mol. The predicted octanol–water partition coefficient (Wildman–Crippen LogP) is 2.26. The zero-order valence-electron chi connectivity index (χ0n) is 8.72. The first-order valence-electron chi connectivity index (χ1n) is 5.43. The van der Waals surface area contributed by atoms with Crippen LogP contribution < -0.4 is 11.1 Å². The van der Waals surface area contributed by atoms with Gasteiger partial charge in [0.1, 0.15) is 0 Å². The van der Waals surface area contributed by atoms with Crippen LogP contribution in [0.5, 0.6) is 0 Å². The van der Waals surface area contributed by atoms with Gasteiger partial charge in [0.2, 0.25) is 0 Å². The summed E-state index contributed by atoms with van der Waals surface area (Å²) in [5, 5.41) is 3.55. The van der Waals surface area contributed by atoms with E-state index in [1.54, 1.807) is 0 Å². The third-order valence-corrected chi connectivity index (χ3v) is 2.91. The molecule has 1 aliphatic rings. The highest BCUT2D eigenvalue weighted by Gasteiger charge is 2.18. The van der Waals surface area contributed by atoms with Crippen LogP contribution in [0.25, 0.3) is 0 Å². The van der Waals surface area contributed by atoms with E-state index < -0.39 is 0 Å². The van der Waals surface area contributed by atoms with Crippen molar-refractivity contribution in [1.82, 2.24) is 5.32 Å². The molecule has 0 saturated carbocycles. The van der Waals surface area contributed by atoms with Gasteiger partial charge in [-0.15, -0.1) is 0 Å². The Balaban J connectivity index is 2.32. The number of benzene rings is 1. The van der Waals surface area contributed by atoms with Crippen molar-refractivity contribution in [1.29, 1.82) is 0 Å². The molecule has 0 bridgehead atoms. The maximum absolute atomic E-state index is 5.81. The first-order chi connectivity index (χ1) is 6.81. The topological polar surface area (TPSA) is 38.0 Å². The number of nitrogen functional groups attached to an aromatic ring is 1. The molecule has 3 N–H and O–H groups in total. The van der Waals surface area contributed by atoms with Crippen LogP contribution in [-0.4, -0.2) is 6.54 Å². The summed E-state index contributed by atoms with van der Waals surface area (Å²) in [5.74, 6) is 0. The summed E-state index contributed by atoms with van der Waals surface area (Å²) in [6.07, 6.45) is 3.55. The lowest BCUT2D eigenvalue weighted by Crippen LogP contribution is -2.29. The van der Waals surface area contributed by atoms with E-state index in [4.69, 9.17) is 5.73 Å². The zero-order chi connectivity index (χ0) is 9.97. The molecule has 14 heavy (non-hydrogen) atoms. The lowest BCUT2D eigenvalue weighted by atomic mass is 9.91. The normalized spacial score (nSPS) is 20.5. The Morgan fingerprint density at radius 3 is 3.14 bits per heavy atom. The molecule has 0 aliphatic carbocycles. The largest absolute Gasteiger partial charge is 0.399 e. The molecule has 1 atom stereocenters. The Morgan fingerprint density at radius 2 is 2.36 bits per heavy atom. The van der Waals surface area contributed by atoms with E-state index in [0.717, 1.165) is 18.7 Å². The van der Waals surface area contributed by atoms with Crippen LogP contribution in [0.2, 0.25) is 0 Å². The van der Waals surface area contributed by atoms with E-state index in [2.05, 4.69) is 24.4 Å². The second-order valence-electron chi connectivity index (χ2n) is 4.00. The van der Waals surface area contributed by atoms with Crippen LogP contribution >= 0.6 is 0 Å². The van der Waals surface area contributed by atoms with E-state index in [-0.39, 0.29) is 0 Å². The summed E-state index contributed by atoms with van der Waals surface area (Å²) in [6.45, 7) is 3.32. The van der Waals surface area contributed by atoms with Crippen LogP contribution in [0.15, 0.2) is 18.2 Å². The molecule has 2 nitrogen and oxygen atoms in total. The van der Waals surface area contributed by atoms with E-state index in [0.29, 0.717) is 6.04 Å². The van der Waals surface area contributed by atoms with E-state index in [1.807, 2.05) is 6.07 Å². The standard InChI is InChI=1S/C12H18N2/c1-2-3-12-11-8-10(13)5-4-9(11)6-7-14-12/h4-5,8,12,14H,2-3,6-7,13H2,1H3. The lowest BCUT2D eigenvalue weighted by molar-refractivity contribution is 0.471. The van der Waals surface area contributed by atoms with Crippen molar-refractivity contribution in [2.24, 2.45) is 0 Å². The summed E-state index contributed by atoms with van der Waals surface area (Å²) in [5.41, 5.74) is 9.58. The fraction of sp³-hybridized carbons (Fsp3) is 0.500. The monoisotopic (exact) mass is 190 g/mol. The van der Waals surface area contributed by atoms with Gasteiger partial charge in [0.15, 0.2) is 0 Å². The van der Waals surface area contributed by atoms with Crippen LogP contribution in [0, 0.1) is 0 Å². The first-order valence-corrected chi connectivity index (χ1v) is 5.43. The van der Waals surface area contributed by atoms with E-state index in [9.17, 15) is 0 Å². The molecule has 76 valence electrons. The molecule has 1 unspecified atom stereocenters. The van der Waals surface area contributed by atoms with Gasteiger partial charge >= 0.3 is 0 Å². The van der Waals surface area contributed by atoms with Gasteiger partial charge in [0.05, 0.1) is 0 Å². The number of nitrogens with one attached hydrogen (secondary N) is 1. The Hall–Kier alpha value is -1.02. The van der Waals surface area contributed by atoms with Crippen LogP contribution in [0.3, 0.4) is 0 Å². The number of rotatable bonds is 2. The van der Waals surface area contributed by atoms with Crippen LogP contribution in [0.4, 0.5) is 5.69 Å². The summed E-state index contributed by atoms with van der Waals surface area (Å²) >= 11 is 0. The van der Waals surface area contributed by atoms with Crippen molar-refractivity contribution >= 4 is 5.69 Å². The van der Waals surface area contributed by atoms with Gasteiger partial charge in [0, 0.05) is 11.7 Å². The molecule has 0 spiro atoms. The molecule has 1 aromatic rings. The average molecular weight is 190 g/mol. The highest BCUT2D eigenvalue weighted by atomic mass is 14.9. The maximum atomic E-state index is 5.81. The molecule has 0 aromatic heterocycles. The highest BCUT2D eigenvalue weighted by molar-refractivity contribution is 5.46. The molecule has 1 heterocycles. The fourth-order valence-electron chi connectivity index (χ4n) is 2.20. The predicted molar refractivity (Wildman–Crippen MR) is 60.2 cm³/mol. The summed E-state index contributed by atoms with van der Waals surface area (Å²) < 4.78 is 0. The number of hydrogen-bond donors (Lipinski definition) is 2. The number of fused-ring (bicyclic) bond motifs is 1. The van der Waals surface area contributed by atoms with Crippen molar-refractivity contribution in [3.63, 3.8) is 0 Å². The van der Waals surface area contributed by atoms with Gasteiger partial charge in [-0.25, -0.2) is 0 Å². The smallest absolute Gasteiger partial charge is 0.0323 e. The zero-order valence-corrected chi connectivity index (χ0v) is 8.72. The minimum atomic E-state index is 0.521. The quantitative estimate of drug-likeness (QED) is 0.702. The Labute approximate surface area is 85.5 Å². The molecule has 0 saturated heterocycles. The lowest BCUT2D eigenvalue weighted by Gasteiger charge is -2.27. The second kappa shape index (κ2) is 4.01. The van der Waals surface area contributed by atoms with Crippen molar-refractivity contribution in [3.8, 4) is 0 Å². The Bertz CT molecular complexity index is 320. The number of anilines is 1. The van der Waals surface area contributed by atoms with E-state index >= 15 is 0 Å². The minimum Gasteiger partial charge on any atom is -0.399 e. The van der Waals surface area contributed by atoms with Crippen molar-refractivity contribution < 1.29 is 0 Å². The summed E-state index contributed by atoms with van der Waals surface area (Å²) in [7, 11) is 0. The fourth-order valence-corrected chi connectivity index (χ4v) is 2.20. The molecule has 2 heteroatoms. The van der Waals surface area contributed by atoms with Crippen LogP contribution in [0.1, 0.15) is 36.9 Å². The molecule has 1 aromatic carbocycles. The summed E-state index contributed by atoms with van der Waals surface area (Å²) in [4.78, 5) is 0. The molecule has 1 aliphatic heterocycles. The van der Waals surface area contributed by atoms with Gasteiger partial charge in [0.25, 0.3) is 0 Å². The second-order valence-corrected chi connectivity index (χ2v) is 4.00. The van der Waals surface area contributed by atoms with Gasteiger partial charge < -0.3 is 11.1 Å². The number of nitrogens with two attached hydrogens (primary N) is 1. The minimum absolute atomic E-state index is 0.521. The highest BCUT2D eigenvalue weighted by Crippen LogP contribution is 2.27. The Morgan fingerprint density at radius 1 is 1.50 bits per heavy atom.